The number of aliphatic hydroxyl groups excluding tert-OH is 2. The van der Waals surface area contributed by atoms with Crippen LogP contribution in [0.4, 0.5) is 0 Å². The summed E-state index contributed by atoms with van der Waals surface area (Å²) in [4.78, 5) is 117. The molecule has 86 heavy (non-hydrogen) atoms. The molecule has 17 bridgehead atoms. The molecule has 0 saturated heterocycles. The van der Waals surface area contributed by atoms with Crippen LogP contribution < -0.4 is 46.1 Å². The topological polar surface area (TPSA) is 408 Å². The number of nitrogens with one attached hydrogen (secondary N) is 6. The number of carbonyl (C=O) groups is 8. The molecule has 13 rings (SSSR count). The van der Waals surface area contributed by atoms with Gasteiger partial charge in [-0.2, -0.15) is 0 Å². The molecule has 26 nitrogen and oxygen atoms in total. The lowest BCUT2D eigenvalue weighted by molar-refractivity contribution is -0.146. The fourth-order valence-electron chi connectivity index (χ4n) is 10.3. The van der Waals surface area contributed by atoms with Gasteiger partial charge in [0.15, 0.2) is 29.0 Å². The number of aliphatic hydroxyl groups is 2. The zero-order valence-corrected chi connectivity index (χ0v) is 44.6. The van der Waals surface area contributed by atoms with Gasteiger partial charge < -0.3 is 91.7 Å². The number of fused-ring (bicyclic) bond motifs is 14. The summed E-state index contributed by atoms with van der Waals surface area (Å²) in [5.41, 5.74) is -2.45. The second kappa shape index (κ2) is 22.1. The molecular weight excluding hydrogens is 1120 g/mol. The number of carbonyl (C=O) groups excluding carboxylic acids is 8. The molecule has 7 aromatic carbocycles. The van der Waals surface area contributed by atoms with Gasteiger partial charge in [-0.25, -0.2) is 4.79 Å². The van der Waals surface area contributed by atoms with Crippen LogP contribution in [0, 0.1) is 6.92 Å². The van der Waals surface area contributed by atoms with Crippen molar-refractivity contribution in [3.8, 4) is 80.1 Å². The van der Waals surface area contributed by atoms with Crippen molar-refractivity contribution in [2.45, 2.75) is 55.4 Å². The molecule has 0 radical (unpaired) electrons. The van der Waals surface area contributed by atoms with Crippen LogP contribution in [0.3, 0.4) is 0 Å². The highest BCUT2D eigenvalue weighted by atomic mass is 16.5. The molecule has 0 aromatic heterocycles. The Labute approximate surface area is 484 Å². The van der Waals surface area contributed by atoms with Crippen molar-refractivity contribution in [3.05, 3.63) is 166 Å². The summed E-state index contributed by atoms with van der Waals surface area (Å²) in [6.45, 7) is 1.38. The third-order valence-corrected chi connectivity index (χ3v) is 14.8. The van der Waals surface area contributed by atoms with Crippen molar-refractivity contribution in [1.29, 1.82) is 0 Å². The summed E-state index contributed by atoms with van der Waals surface area (Å²) >= 11 is 0. The number of aromatic hydroxyl groups is 6. The lowest BCUT2D eigenvalue weighted by Crippen LogP contribution is -2.55. The molecule has 7 aromatic rings. The number of amides is 6. The van der Waals surface area contributed by atoms with Gasteiger partial charge in [0.05, 0.1) is 7.11 Å². The molecule has 0 aliphatic carbocycles. The van der Waals surface area contributed by atoms with Crippen molar-refractivity contribution in [1.82, 2.24) is 31.9 Å². The largest absolute Gasteiger partial charge is 0.508 e. The van der Waals surface area contributed by atoms with Gasteiger partial charge in [-0.1, -0.05) is 30.3 Å². The van der Waals surface area contributed by atoms with E-state index >= 15 is 14.4 Å². The van der Waals surface area contributed by atoms with E-state index < -0.39 is 153 Å². The minimum atomic E-state index is -2.17. The van der Waals surface area contributed by atoms with Crippen LogP contribution in [0.5, 0.6) is 69.0 Å². The van der Waals surface area contributed by atoms with Gasteiger partial charge in [0, 0.05) is 33.9 Å². The van der Waals surface area contributed by atoms with E-state index in [1.54, 1.807) is 0 Å². The van der Waals surface area contributed by atoms with Crippen LogP contribution in [0.2, 0.25) is 0 Å². The Morgan fingerprint density at radius 2 is 0.977 bits per heavy atom. The van der Waals surface area contributed by atoms with Crippen molar-refractivity contribution in [2.24, 2.45) is 0 Å². The molecule has 6 heterocycles. The maximum atomic E-state index is 15.7. The first-order valence-corrected chi connectivity index (χ1v) is 26.0. The van der Waals surface area contributed by atoms with E-state index in [4.69, 9.17) is 18.9 Å². The van der Waals surface area contributed by atoms with Crippen LogP contribution in [0.1, 0.15) is 85.7 Å². The normalized spacial score (nSPS) is 21.9. The van der Waals surface area contributed by atoms with Gasteiger partial charge in [-0.05, 0) is 120 Å². The Kier molecular flexibility index (Phi) is 14.5. The third-order valence-electron chi connectivity index (χ3n) is 14.8. The summed E-state index contributed by atoms with van der Waals surface area (Å²) in [6, 6.07) is 10.4. The molecule has 26 heteroatoms. The third kappa shape index (κ3) is 10.5. The highest BCUT2D eigenvalue weighted by Gasteiger charge is 2.42. The molecule has 8 atom stereocenters. The number of benzene rings is 7. The Morgan fingerprint density at radius 3 is 1.58 bits per heavy atom. The molecule has 0 spiro atoms. The van der Waals surface area contributed by atoms with Crippen LogP contribution in [-0.4, -0.2) is 107 Å². The first-order chi connectivity index (χ1) is 41.0. The molecule has 14 N–H and O–H groups in total. The van der Waals surface area contributed by atoms with E-state index in [9.17, 15) is 64.8 Å². The second-order valence-electron chi connectivity index (χ2n) is 20.3. The number of hydrogen-bond acceptors (Lipinski definition) is 20. The van der Waals surface area contributed by atoms with E-state index in [1.807, 2.05) is 0 Å². The number of Topliss-reactive ketones (excluding diaryl/α,β-unsaturated/α-hetero) is 1. The zero-order valence-electron chi connectivity index (χ0n) is 44.6. The molecule has 0 fully saturated rings. The molecule has 6 amide bonds. The summed E-state index contributed by atoms with van der Waals surface area (Å²) in [7, 11) is 0.968. The minimum Gasteiger partial charge on any atom is -0.508 e. The van der Waals surface area contributed by atoms with E-state index in [0.29, 0.717) is 0 Å². The number of ether oxygens (including phenoxy) is 4. The summed E-state index contributed by atoms with van der Waals surface area (Å²) < 4.78 is 23.4. The Morgan fingerprint density at radius 1 is 0.465 bits per heavy atom. The number of phenolic OH excluding ortho intramolecular Hbond substituents is 6. The van der Waals surface area contributed by atoms with Crippen molar-refractivity contribution in [2.75, 3.05) is 7.11 Å². The second-order valence-corrected chi connectivity index (χ2v) is 20.3. The van der Waals surface area contributed by atoms with Crippen LogP contribution in [0.25, 0.3) is 11.1 Å². The van der Waals surface area contributed by atoms with Crippen LogP contribution in [-0.2, 0) is 38.3 Å². The minimum absolute atomic E-state index is 0.0119. The Balaban J connectivity index is 1.14. The zero-order chi connectivity index (χ0) is 61.2. The van der Waals surface area contributed by atoms with Crippen LogP contribution >= 0.6 is 0 Å². The van der Waals surface area contributed by atoms with Gasteiger partial charge in [0.1, 0.15) is 82.7 Å². The molecule has 0 saturated carbocycles. The SMILES string of the molecule is COC(=O)[C@H]1NC(=O)C2NC(=O)[C@H](NC(=O)[C@@H]3NC(=O)[C@H]4NC(=O)[C@H](NC(=O)C(=O)c5ccc(O)c(c5)Oc5cc4cc(O)c5C)[C@H](O)c4ccc(cc4)Oc4cc3cc(c4O)Oc3ccc(cc3)C2O)c2ccc(O)c(c2)-c2c(O)cc(O)cc21. The van der Waals surface area contributed by atoms with Crippen molar-refractivity contribution < 1.29 is 98.2 Å². The molecule has 2 unspecified atom stereocenters. The highest BCUT2D eigenvalue weighted by molar-refractivity contribution is 6.43. The monoisotopic (exact) mass is 1170 g/mol. The average Bonchev–Trinajstić information content (AvgIpc) is 2.08. The maximum Gasteiger partial charge on any atom is 0.333 e. The van der Waals surface area contributed by atoms with Crippen molar-refractivity contribution >= 4 is 47.2 Å². The number of esters is 1. The van der Waals surface area contributed by atoms with Gasteiger partial charge in [-0.15, -0.1) is 0 Å². The quantitative estimate of drug-likeness (QED) is 0.0822. The number of phenols is 6. The molecule has 6 aliphatic rings. The first kappa shape index (κ1) is 56.5. The van der Waals surface area contributed by atoms with Gasteiger partial charge in [0.25, 0.3) is 5.91 Å². The van der Waals surface area contributed by atoms with Crippen LogP contribution in [0.15, 0.2) is 121 Å². The number of hydrogen-bond donors (Lipinski definition) is 14. The first-order valence-electron chi connectivity index (χ1n) is 26.0. The van der Waals surface area contributed by atoms with Gasteiger partial charge in [-0.3, -0.25) is 33.6 Å². The van der Waals surface area contributed by atoms with Crippen molar-refractivity contribution in [3.63, 3.8) is 0 Å². The lowest BCUT2D eigenvalue weighted by Gasteiger charge is -2.31. The lowest BCUT2D eigenvalue weighted by atomic mass is 9.89. The number of rotatable bonds is 1. The van der Waals surface area contributed by atoms with E-state index in [2.05, 4.69) is 31.9 Å². The molecule has 438 valence electrons. The number of ketones is 1. The maximum absolute atomic E-state index is 15.7. The summed E-state index contributed by atoms with van der Waals surface area (Å²) in [5.74, 6) is -16.1. The van der Waals surface area contributed by atoms with Gasteiger partial charge in [0.2, 0.25) is 41.1 Å². The Hall–Kier alpha value is -11.4. The highest BCUT2D eigenvalue weighted by Crippen LogP contribution is 2.47. The smallest absolute Gasteiger partial charge is 0.333 e. The molecular formula is C60H48N6O20. The molecule has 6 aliphatic heterocycles. The standard InChI is InChI=1S/C60H48N6O20/c1-23-37(70)16-28-18-39(23)86-40-17-27(8-14-36(40)69)52(74)59(81)66-49-51(73)25-5-11-32(12-6-25)85-42-20-29-19-41(53(42)75)84-31-9-3-24(4-10-31)50(72)48-58(80)64-47(60(82)83-2)34-21-30(67)22-38(71)43(34)33-15-26(7-13-35(33)68)44(54(76)65-48)61-56(78)46(29)62-55(77)45(28)63-57(49)79/h3-22,44-51,67-73,75H,1-2H3,(H,61,78)(H,62,77)(H,63,79)(H,64,80)(H,65,76)(H,66,81)/t44-,45+,46-,47+,48?,49-,50?,51-/m1/s1. The average molecular weight is 1170 g/mol. The predicted molar refractivity (Wildman–Crippen MR) is 293 cm³/mol. The van der Waals surface area contributed by atoms with E-state index in [0.717, 1.165) is 79.9 Å². The van der Waals surface area contributed by atoms with E-state index in [1.165, 1.54) is 55.5 Å². The van der Waals surface area contributed by atoms with Gasteiger partial charge >= 0.3 is 5.97 Å². The fourth-order valence-corrected chi connectivity index (χ4v) is 10.3. The Bertz CT molecular complexity index is 4040. The number of methoxy groups -OCH3 is 1. The predicted octanol–water partition coefficient (Wildman–Crippen LogP) is 3.75. The van der Waals surface area contributed by atoms with E-state index in [-0.39, 0.29) is 67.3 Å². The fraction of sp³-hybridized carbons (Fsp3) is 0.167. The summed E-state index contributed by atoms with van der Waals surface area (Å²) in [6.07, 6.45) is -4.04. The summed E-state index contributed by atoms with van der Waals surface area (Å²) in [5, 5.41) is 107.